The van der Waals surface area contributed by atoms with E-state index in [-0.39, 0.29) is 10.5 Å². The lowest BCUT2D eigenvalue weighted by Gasteiger charge is -2.44. The Morgan fingerprint density at radius 1 is 1.06 bits per heavy atom. The van der Waals surface area contributed by atoms with Gasteiger partial charge in [0.2, 0.25) is 0 Å². The van der Waals surface area contributed by atoms with E-state index in [0.717, 1.165) is 0 Å². The average molecular weight is 283 g/mol. The Kier molecular flexibility index (Phi) is 4.73. The largest absolute Gasteiger partial charge is 0.470 e. The van der Waals surface area contributed by atoms with Gasteiger partial charge in [-0.2, -0.15) is 13.2 Å². The predicted octanol–water partition coefficient (Wildman–Crippen LogP) is 4.09. The summed E-state index contributed by atoms with van der Waals surface area (Å²) in [6, 6.07) is 0.602. The monoisotopic (exact) mass is 283 g/mol. The van der Waals surface area contributed by atoms with Gasteiger partial charge in [-0.1, -0.05) is 48.1 Å². The molecule has 0 fully saturated rings. The molecule has 18 heavy (non-hydrogen) atoms. The van der Waals surface area contributed by atoms with Crippen LogP contribution in [0.1, 0.15) is 41.5 Å². The third-order valence-electron chi connectivity index (χ3n) is 3.19. The van der Waals surface area contributed by atoms with Crippen molar-refractivity contribution >= 4 is 14.1 Å². The van der Waals surface area contributed by atoms with Crippen LogP contribution in [-0.2, 0) is 4.79 Å². The fraction of sp³-hybridized carbons (Fsp3) is 0.917. The fourth-order valence-corrected chi connectivity index (χ4v) is 5.64. The van der Waals surface area contributed by atoms with Crippen molar-refractivity contribution in [2.45, 2.75) is 65.3 Å². The number of hydrogen-bond donors (Lipinski definition) is 1. The minimum Gasteiger partial charge on any atom is -0.374 e. The molecule has 0 aliphatic carbocycles. The molecule has 0 rings (SSSR count). The quantitative estimate of drug-likeness (QED) is 0.760. The molecule has 0 aromatic carbocycles. The van der Waals surface area contributed by atoms with Gasteiger partial charge in [-0.3, -0.25) is 4.79 Å². The molecule has 108 valence electrons. The molecule has 0 aromatic heterocycles. The molecule has 0 bridgehead atoms. The lowest BCUT2D eigenvalue weighted by Crippen LogP contribution is -2.61. The third kappa shape index (κ3) is 5.00. The summed E-state index contributed by atoms with van der Waals surface area (Å²) in [5.41, 5.74) is -0.118. The Balaban J connectivity index is 5.22. The molecule has 1 amide bonds. The number of carbonyl (C=O) groups excluding carboxylic acids is 1. The first-order valence-corrected chi connectivity index (χ1v) is 8.69. The molecular weight excluding hydrogens is 259 g/mol. The minimum atomic E-state index is -4.81. The highest BCUT2D eigenvalue weighted by atomic mass is 28.3. The number of nitrogens with one attached hydrogen (secondary N) is 1. The van der Waals surface area contributed by atoms with E-state index in [1.807, 2.05) is 48.1 Å². The maximum Gasteiger partial charge on any atom is 0.470 e. The van der Waals surface area contributed by atoms with Crippen LogP contribution in [0.4, 0.5) is 13.2 Å². The minimum absolute atomic E-state index is 0.118. The number of hydrogen-bond acceptors (Lipinski definition) is 1. The van der Waals surface area contributed by atoms with Gasteiger partial charge >= 0.3 is 12.1 Å². The molecule has 0 heterocycles. The van der Waals surface area contributed by atoms with Crippen LogP contribution in [0, 0.1) is 5.41 Å². The molecule has 0 saturated heterocycles. The number of halogens is 3. The van der Waals surface area contributed by atoms with Crippen LogP contribution in [0.25, 0.3) is 0 Å². The van der Waals surface area contributed by atoms with Crippen molar-refractivity contribution in [3.63, 3.8) is 0 Å². The molecule has 0 radical (unpaired) electrons. The molecule has 1 atom stereocenters. The van der Waals surface area contributed by atoms with E-state index in [1.165, 1.54) is 0 Å². The molecule has 0 aliphatic heterocycles. The van der Waals surface area contributed by atoms with Crippen molar-refractivity contribution in [3.8, 4) is 0 Å². The summed E-state index contributed by atoms with van der Waals surface area (Å²) < 4.78 is 37.2. The van der Waals surface area contributed by atoms with Crippen LogP contribution in [0.15, 0.2) is 0 Å². The Hall–Kier alpha value is -0.523. The predicted molar refractivity (Wildman–Crippen MR) is 69.8 cm³/mol. The lowest BCUT2D eigenvalue weighted by atomic mass is 10.0. The summed E-state index contributed by atoms with van der Waals surface area (Å²) in [6.07, 6.45) is -4.81. The van der Waals surface area contributed by atoms with Gasteiger partial charge in [0.15, 0.2) is 8.24 Å². The van der Waals surface area contributed by atoms with E-state index in [9.17, 15) is 18.0 Å². The van der Waals surface area contributed by atoms with Gasteiger partial charge < -0.3 is 4.98 Å². The molecule has 0 aliphatic rings. The van der Waals surface area contributed by atoms with E-state index in [1.54, 1.807) is 0 Å². The molecule has 0 saturated carbocycles. The topological polar surface area (TPSA) is 29.1 Å². The summed E-state index contributed by atoms with van der Waals surface area (Å²) in [7, 11) is -2.58. The molecule has 2 nitrogen and oxygen atoms in total. The van der Waals surface area contributed by atoms with E-state index in [0.29, 0.717) is 6.04 Å². The zero-order valence-corrected chi connectivity index (χ0v) is 13.2. The van der Waals surface area contributed by atoms with Gasteiger partial charge in [0.25, 0.3) is 0 Å². The lowest BCUT2D eigenvalue weighted by molar-refractivity contribution is -0.171. The molecule has 1 N–H and O–H groups in total. The van der Waals surface area contributed by atoms with Crippen molar-refractivity contribution < 1.29 is 18.0 Å². The highest BCUT2D eigenvalue weighted by Crippen LogP contribution is 2.42. The number of amides is 1. The van der Waals surface area contributed by atoms with Gasteiger partial charge in [-0.15, -0.1) is 0 Å². The second-order valence-corrected chi connectivity index (χ2v) is 12.0. The van der Waals surface area contributed by atoms with E-state index in [2.05, 4.69) is 4.98 Å². The molecule has 1 unspecified atom stereocenters. The standard InChI is InChI=1S/C12H24F3NOSi/c1-10(2,3)8-18(7,11(4,5)6)16-9(17)12(13,14)15/h8H2,1-7H3,(H,16,17). The van der Waals surface area contributed by atoms with Crippen molar-refractivity contribution in [3.05, 3.63) is 0 Å². The zero-order chi connectivity index (χ0) is 15.0. The second-order valence-electron chi connectivity index (χ2n) is 7.27. The maximum absolute atomic E-state index is 12.4. The van der Waals surface area contributed by atoms with Crippen molar-refractivity contribution in [1.29, 1.82) is 0 Å². The van der Waals surface area contributed by atoms with Gasteiger partial charge in [-0.25, -0.2) is 0 Å². The number of carbonyl (C=O) groups is 1. The third-order valence-corrected chi connectivity index (χ3v) is 9.04. The summed E-state index contributed by atoms with van der Waals surface area (Å²) in [5, 5.41) is -0.332. The van der Waals surface area contributed by atoms with Gasteiger partial charge in [-0.05, 0) is 16.5 Å². The van der Waals surface area contributed by atoms with Crippen LogP contribution in [0.2, 0.25) is 17.6 Å². The maximum atomic E-state index is 12.4. The SMILES string of the molecule is CC(C)(C)C[Si](C)(NC(=O)C(F)(F)F)C(C)(C)C. The summed E-state index contributed by atoms with van der Waals surface area (Å²) in [6.45, 7) is 13.4. The van der Waals surface area contributed by atoms with E-state index in [4.69, 9.17) is 0 Å². The first-order chi connectivity index (χ1) is 7.58. The second kappa shape index (κ2) is 4.87. The Morgan fingerprint density at radius 3 is 1.67 bits per heavy atom. The first kappa shape index (κ1) is 17.5. The van der Waals surface area contributed by atoms with Crippen LogP contribution in [0.3, 0.4) is 0 Å². The average Bonchev–Trinajstić information content (AvgIpc) is 1.95. The highest BCUT2D eigenvalue weighted by molar-refractivity contribution is 6.81. The van der Waals surface area contributed by atoms with E-state index >= 15 is 0 Å². The highest BCUT2D eigenvalue weighted by Gasteiger charge is 2.49. The Morgan fingerprint density at radius 2 is 1.44 bits per heavy atom. The number of alkyl halides is 3. The summed E-state index contributed by atoms with van der Waals surface area (Å²) in [5.74, 6) is -1.81. The van der Waals surface area contributed by atoms with Crippen molar-refractivity contribution in [1.82, 2.24) is 4.98 Å². The number of rotatable bonds is 2. The Labute approximate surface area is 108 Å². The van der Waals surface area contributed by atoms with Crippen molar-refractivity contribution in [2.75, 3.05) is 0 Å². The molecule has 0 aromatic rings. The fourth-order valence-electron chi connectivity index (χ4n) is 1.88. The van der Waals surface area contributed by atoms with Crippen LogP contribution in [0.5, 0.6) is 0 Å². The van der Waals surface area contributed by atoms with Crippen molar-refractivity contribution in [2.24, 2.45) is 5.41 Å². The van der Waals surface area contributed by atoms with Gasteiger partial charge in [0.1, 0.15) is 0 Å². The van der Waals surface area contributed by atoms with Crippen LogP contribution < -0.4 is 4.98 Å². The summed E-state index contributed by atoms with van der Waals surface area (Å²) >= 11 is 0. The Bertz CT molecular complexity index is 315. The van der Waals surface area contributed by atoms with Crippen LogP contribution >= 0.6 is 0 Å². The molecule has 6 heteroatoms. The zero-order valence-electron chi connectivity index (χ0n) is 12.2. The smallest absolute Gasteiger partial charge is 0.374 e. The van der Waals surface area contributed by atoms with Crippen LogP contribution in [-0.4, -0.2) is 20.3 Å². The normalized spacial score (nSPS) is 17.2. The molecule has 0 spiro atoms. The summed E-state index contributed by atoms with van der Waals surface area (Å²) in [4.78, 5) is 13.5. The van der Waals surface area contributed by atoms with E-state index < -0.39 is 20.3 Å². The van der Waals surface area contributed by atoms with Gasteiger partial charge in [0.05, 0.1) is 0 Å². The first-order valence-electron chi connectivity index (χ1n) is 5.98. The molecular formula is C12H24F3NOSi. The van der Waals surface area contributed by atoms with Gasteiger partial charge in [0, 0.05) is 0 Å².